The van der Waals surface area contributed by atoms with Crippen LogP contribution >= 0.6 is 0 Å². The summed E-state index contributed by atoms with van der Waals surface area (Å²) in [6.07, 6.45) is 2.05. The van der Waals surface area contributed by atoms with Gasteiger partial charge in [-0.2, -0.15) is 0 Å². The molecule has 1 unspecified atom stereocenters. The van der Waals surface area contributed by atoms with Crippen molar-refractivity contribution in [2.24, 2.45) is 5.92 Å². The van der Waals surface area contributed by atoms with Crippen LogP contribution < -0.4 is 14.8 Å². The summed E-state index contributed by atoms with van der Waals surface area (Å²) in [4.78, 5) is 11.7. The summed E-state index contributed by atoms with van der Waals surface area (Å²) in [5, 5.41) is 3.01. The molecule has 3 rings (SSSR count). The molecule has 0 bridgehead atoms. The largest absolute Gasteiger partial charge is 0.454 e. The first kappa shape index (κ1) is 10.4. The Balaban J connectivity index is 1.72. The second kappa shape index (κ2) is 3.95. The standard InChI is InChI=1S/C13H15NO3/c1-8(14-13(15)9-2-3-9)10-4-5-11-12(6-10)17-7-16-11/h4-6,8-9H,2-3,7H2,1H3,(H,14,15). The first-order chi connectivity index (χ1) is 8.24. The molecule has 0 saturated heterocycles. The normalized spacial score (nSPS) is 18.9. The van der Waals surface area contributed by atoms with Crippen molar-refractivity contribution in [3.8, 4) is 11.5 Å². The van der Waals surface area contributed by atoms with Crippen LogP contribution in [0, 0.1) is 5.92 Å². The molecular formula is C13H15NO3. The van der Waals surface area contributed by atoms with Gasteiger partial charge >= 0.3 is 0 Å². The molecule has 90 valence electrons. The minimum Gasteiger partial charge on any atom is -0.454 e. The number of nitrogens with one attached hydrogen (secondary N) is 1. The molecule has 0 aromatic heterocycles. The lowest BCUT2D eigenvalue weighted by molar-refractivity contribution is -0.122. The number of hydrogen-bond acceptors (Lipinski definition) is 3. The van der Waals surface area contributed by atoms with Crippen LogP contribution in [-0.2, 0) is 4.79 Å². The average molecular weight is 233 g/mol. The third kappa shape index (κ3) is 2.07. The van der Waals surface area contributed by atoms with Crippen molar-refractivity contribution in [3.05, 3.63) is 23.8 Å². The van der Waals surface area contributed by atoms with Crippen molar-refractivity contribution in [1.82, 2.24) is 5.32 Å². The van der Waals surface area contributed by atoms with Gasteiger partial charge in [0.05, 0.1) is 6.04 Å². The third-order valence-corrected chi connectivity index (χ3v) is 3.20. The Bertz CT molecular complexity index is 454. The van der Waals surface area contributed by atoms with Crippen molar-refractivity contribution < 1.29 is 14.3 Å². The highest BCUT2D eigenvalue weighted by atomic mass is 16.7. The van der Waals surface area contributed by atoms with Gasteiger partial charge in [-0.05, 0) is 37.5 Å². The lowest BCUT2D eigenvalue weighted by Crippen LogP contribution is -2.27. The molecule has 2 aliphatic rings. The van der Waals surface area contributed by atoms with Crippen LogP contribution in [0.25, 0.3) is 0 Å². The zero-order chi connectivity index (χ0) is 11.8. The summed E-state index contributed by atoms with van der Waals surface area (Å²) in [5.41, 5.74) is 1.04. The molecule has 17 heavy (non-hydrogen) atoms. The van der Waals surface area contributed by atoms with Crippen molar-refractivity contribution in [2.45, 2.75) is 25.8 Å². The topological polar surface area (TPSA) is 47.6 Å². The second-order valence-electron chi connectivity index (χ2n) is 4.62. The van der Waals surface area contributed by atoms with Gasteiger partial charge in [0.25, 0.3) is 0 Å². The maximum atomic E-state index is 11.7. The van der Waals surface area contributed by atoms with Crippen LogP contribution in [0.2, 0.25) is 0 Å². The number of ether oxygens (including phenoxy) is 2. The van der Waals surface area contributed by atoms with Gasteiger partial charge in [0.1, 0.15) is 0 Å². The van der Waals surface area contributed by atoms with E-state index in [4.69, 9.17) is 9.47 Å². The second-order valence-corrected chi connectivity index (χ2v) is 4.62. The summed E-state index contributed by atoms with van der Waals surface area (Å²) < 4.78 is 10.6. The summed E-state index contributed by atoms with van der Waals surface area (Å²) in [5.74, 6) is 1.94. The Labute approximate surface area is 99.9 Å². The molecule has 4 nitrogen and oxygen atoms in total. The molecule has 1 aromatic rings. The number of fused-ring (bicyclic) bond motifs is 1. The Morgan fingerprint density at radius 1 is 1.35 bits per heavy atom. The maximum Gasteiger partial charge on any atom is 0.231 e. The van der Waals surface area contributed by atoms with Crippen LogP contribution in [0.1, 0.15) is 31.4 Å². The van der Waals surface area contributed by atoms with Gasteiger partial charge in [0.15, 0.2) is 11.5 Å². The number of amides is 1. The first-order valence-electron chi connectivity index (χ1n) is 5.94. The van der Waals surface area contributed by atoms with Gasteiger partial charge in [-0.1, -0.05) is 6.07 Å². The summed E-state index contributed by atoms with van der Waals surface area (Å²) in [7, 11) is 0. The van der Waals surface area contributed by atoms with E-state index in [1.165, 1.54) is 0 Å². The zero-order valence-electron chi connectivity index (χ0n) is 9.73. The lowest BCUT2D eigenvalue weighted by atomic mass is 10.1. The summed E-state index contributed by atoms with van der Waals surface area (Å²) in [6, 6.07) is 5.79. The number of hydrogen-bond donors (Lipinski definition) is 1. The Morgan fingerprint density at radius 3 is 2.88 bits per heavy atom. The number of carbonyl (C=O) groups is 1. The Kier molecular flexibility index (Phi) is 2.42. The van der Waals surface area contributed by atoms with Crippen LogP contribution in [0.4, 0.5) is 0 Å². The minimum absolute atomic E-state index is 0.0117. The fourth-order valence-corrected chi connectivity index (χ4v) is 1.94. The van der Waals surface area contributed by atoms with Crippen molar-refractivity contribution in [2.75, 3.05) is 6.79 Å². The first-order valence-corrected chi connectivity index (χ1v) is 5.94. The lowest BCUT2D eigenvalue weighted by Gasteiger charge is -2.14. The van der Waals surface area contributed by atoms with E-state index in [0.717, 1.165) is 29.9 Å². The number of rotatable bonds is 3. The molecule has 1 fully saturated rings. The summed E-state index contributed by atoms with van der Waals surface area (Å²) >= 11 is 0. The highest BCUT2D eigenvalue weighted by Gasteiger charge is 2.30. The maximum absolute atomic E-state index is 11.7. The van der Waals surface area contributed by atoms with Crippen LogP contribution in [-0.4, -0.2) is 12.7 Å². The van der Waals surface area contributed by atoms with Gasteiger partial charge < -0.3 is 14.8 Å². The molecule has 1 saturated carbocycles. The molecule has 4 heteroatoms. The van der Waals surface area contributed by atoms with E-state index >= 15 is 0 Å². The van der Waals surface area contributed by atoms with E-state index in [9.17, 15) is 4.79 Å². The fourth-order valence-electron chi connectivity index (χ4n) is 1.94. The molecule has 0 radical (unpaired) electrons. The molecule has 0 spiro atoms. The van der Waals surface area contributed by atoms with Crippen LogP contribution in [0.15, 0.2) is 18.2 Å². The van der Waals surface area contributed by atoms with Gasteiger partial charge in [-0.15, -0.1) is 0 Å². The van der Waals surface area contributed by atoms with E-state index in [1.54, 1.807) is 0 Å². The smallest absolute Gasteiger partial charge is 0.231 e. The molecule has 1 amide bonds. The van der Waals surface area contributed by atoms with Crippen molar-refractivity contribution >= 4 is 5.91 Å². The highest BCUT2D eigenvalue weighted by molar-refractivity contribution is 5.81. The fraction of sp³-hybridized carbons (Fsp3) is 0.462. The summed E-state index contributed by atoms with van der Waals surface area (Å²) in [6.45, 7) is 2.26. The quantitative estimate of drug-likeness (QED) is 0.868. The van der Waals surface area contributed by atoms with Gasteiger partial charge in [-0.3, -0.25) is 4.79 Å². The van der Waals surface area contributed by atoms with Crippen LogP contribution in [0.5, 0.6) is 11.5 Å². The number of benzene rings is 1. The molecule has 1 aliphatic carbocycles. The van der Waals surface area contributed by atoms with Crippen LogP contribution in [0.3, 0.4) is 0 Å². The predicted octanol–water partition coefficient (Wildman–Crippen LogP) is 2.00. The molecule has 1 aliphatic heterocycles. The minimum atomic E-state index is 0.0117. The van der Waals surface area contributed by atoms with Gasteiger partial charge in [0, 0.05) is 5.92 Å². The highest BCUT2D eigenvalue weighted by Crippen LogP contribution is 2.34. The van der Waals surface area contributed by atoms with Gasteiger partial charge in [-0.25, -0.2) is 0 Å². The molecular weight excluding hydrogens is 218 g/mol. The Morgan fingerprint density at radius 2 is 2.12 bits per heavy atom. The molecule has 1 heterocycles. The van der Waals surface area contributed by atoms with E-state index in [1.807, 2.05) is 25.1 Å². The molecule has 1 atom stereocenters. The Hall–Kier alpha value is -1.71. The molecule has 1 aromatic carbocycles. The van der Waals surface area contributed by atoms with E-state index < -0.39 is 0 Å². The number of carbonyl (C=O) groups excluding carboxylic acids is 1. The van der Waals surface area contributed by atoms with Crippen molar-refractivity contribution in [3.63, 3.8) is 0 Å². The average Bonchev–Trinajstić information content (AvgIpc) is 3.07. The predicted molar refractivity (Wildman–Crippen MR) is 61.8 cm³/mol. The van der Waals surface area contributed by atoms with E-state index in [0.29, 0.717) is 0 Å². The monoisotopic (exact) mass is 233 g/mol. The van der Waals surface area contributed by atoms with Gasteiger partial charge in [0.2, 0.25) is 12.7 Å². The van der Waals surface area contributed by atoms with E-state index in [-0.39, 0.29) is 24.7 Å². The third-order valence-electron chi connectivity index (χ3n) is 3.20. The molecule has 1 N–H and O–H groups in total. The zero-order valence-corrected chi connectivity index (χ0v) is 9.73. The van der Waals surface area contributed by atoms with E-state index in [2.05, 4.69) is 5.32 Å². The van der Waals surface area contributed by atoms with Crippen molar-refractivity contribution in [1.29, 1.82) is 0 Å². The SMILES string of the molecule is CC(NC(=O)C1CC1)c1ccc2c(c1)OCO2.